The largest absolute Gasteiger partial charge is 0.459 e. The van der Waals surface area contributed by atoms with Crippen molar-refractivity contribution in [3.05, 3.63) is 60.2 Å². The summed E-state index contributed by atoms with van der Waals surface area (Å²) < 4.78 is 45.5. The van der Waals surface area contributed by atoms with Gasteiger partial charge in [0.25, 0.3) is 0 Å². The molecule has 214 valence electrons. The maximum absolute atomic E-state index is 13.5. The highest BCUT2D eigenvalue weighted by Gasteiger charge is 2.42. The SMILES string of the molecule is CC(C)CN(C[C@@H](O)[C@@H](CC(=O)O[C@@H]1CO[C@@H]2OCCC[C@@H]21)Cc1ccccc1)S(=O)(=O)c1ccc(N)cc1. The Morgan fingerprint density at radius 2 is 1.82 bits per heavy atom. The van der Waals surface area contributed by atoms with Crippen LogP contribution in [0.5, 0.6) is 0 Å². The fraction of sp³-hybridized carbons (Fsp3) is 0.552. The molecule has 0 unspecified atom stereocenters. The van der Waals surface area contributed by atoms with Crippen molar-refractivity contribution in [3.8, 4) is 0 Å². The van der Waals surface area contributed by atoms with Crippen molar-refractivity contribution in [3.63, 3.8) is 0 Å². The summed E-state index contributed by atoms with van der Waals surface area (Å²) in [6.07, 6.45) is 0.262. The van der Waals surface area contributed by atoms with Gasteiger partial charge in [0.2, 0.25) is 10.0 Å². The first-order chi connectivity index (χ1) is 18.6. The number of aliphatic hydroxyl groups is 1. The van der Waals surface area contributed by atoms with Crippen LogP contribution in [0.1, 0.15) is 38.7 Å². The van der Waals surface area contributed by atoms with Gasteiger partial charge in [-0.1, -0.05) is 44.2 Å². The molecule has 2 aliphatic rings. The van der Waals surface area contributed by atoms with Crippen LogP contribution in [0.2, 0.25) is 0 Å². The standard InChI is InChI=1S/C29H40N2O7S/c1-20(2)17-31(39(34,35)24-12-10-23(30)11-13-24)18-26(32)22(15-21-7-4-3-5-8-21)16-28(33)38-27-19-37-29-25(27)9-6-14-36-29/h3-5,7-8,10-13,20,22,25-27,29,32H,6,9,14-19,30H2,1-2H3/t22-,25-,26-,27-,29+/m1/s1. The van der Waals surface area contributed by atoms with Gasteiger partial charge >= 0.3 is 5.97 Å². The molecular formula is C29H40N2O7S. The third-order valence-electron chi connectivity index (χ3n) is 7.29. The molecule has 39 heavy (non-hydrogen) atoms. The molecule has 0 radical (unpaired) electrons. The Balaban J connectivity index is 1.50. The molecule has 2 heterocycles. The average Bonchev–Trinajstić information content (AvgIpc) is 3.31. The number of ether oxygens (including phenoxy) is 3. The number of nitrogens with zero attached hydrogens (tertiary/aromatic N) is 1. The molecule has 0 amide bonds. The minimum Gasteiger partial charge on any atom is -0.459 e. The zero-order chi connectivity index (χ0) is 28.0. The number of aliphatic hydroxyl groups excluding tert-OH is 1. The van der Waals surface area contributed by atoms with Crippen LogP contribution in [0, 0.1) is 17.8 Å². The summed E-state index contributed by atoms with van der Waals surface area (Å²) in [6, 6.07) is 15.6. The molecule has 0 spiro atoms. The molecule has 2 aliphatic heterocycles. The number of anilines is 1. The topological polar surface area (TPSA) is 128 Å². The van der Waals surface area contributed by atoms with E-state index in [1.807, 2.05) is 44.2 Å². The van der Waals surface area contributed by atoms with Crippen LogP contribution in [0.3, 0.4) is 0 Å². The predicted molar refractivity (Wildman–Crippen MR) is 147 cm³/mol. The number of carbonyl (C=O) groups is 1. The van der Waals surface area contributed by atoms with Crippen LogP contribution in [0.25, 0.3) is 0 Å². The number of benzene rings is 2. The number of nitrogens with two attached hydrogens (primary N) is 1. The lowest BCUT2D eigenvalue weighted by atomic mass is 9.90. The lowest BCUT2D eigenvalue weighted by Gasteiger charge is -2.30. The van der Waals surface area contributed by atoms with Gasteiger partial charge < -0.3 is 25.1 Å². The van der Waals surface area contributed by atoms with Crippen molar-refractivity contribution in [2.45, 2.75) is 62.9 Å². The lowest BCUT2D eigenvalue weighted by molar-refractivity contribution is -0.160. The zero-order valence-corrected chi connectivity index (χ0v) is 23.5. The van der Waals surface area contributed by atoms with Gasteiger partial charge in [-0.2, -0.15) is 4.31 Å². The summed E-state index contributed by atoms with van der Waals surface area (Å²) in [5, 5.41) is 11.4. The fourth-order valence-corrected chi connectivity index (χ4v) is 6.88. The molecule has 0 saturated carbocycles. The summed E-state index contributed by atoms with van der Waals surface area (Å²) in [5.41, 5.74) is 7.16. The molecule has 0 aliphatic carbocycles. The van der Waals surface area contributed by atoms with E-state index in [4.69, 9.17) is 19.9 Å². The van der Waals surface area contributed by atoms with E-state index in [1.54, 1.807) is 12.1 Å². The van der Waals surface area contributed by atoms with Crippen LogP contribution in [0.15, 0.2) is 59.5 Å². The van der Waals surface area contributed by atoms with E-state index >= 15 is 0 Å². The number of esters is 1. The Morgan fingerprint density at radius 1 is 1.10 bits per heavy atom. The molecule has 9 nitrogen and oxygen atoms in total. The third-order valence-corrected chi connectivity index (χ3v) is 9.14. The highest BCUT2D eigenvalue weighted by Crippen LogP contribution is 2.33. The van der Waals surface area contributed by atoms with Gasteiger partial charge in [0.15, 0.2) is 6.29 Å². The van der Waals surface area contributed by atoms with Crippen LogP contribution >= 0.6 is 0 Å². The van der Waals surface area contributed by atoms with Crippen LogP contribution in [-0.4, -0.2) is 68.6 Å². The molecule has 0 bridgehead atoms. The van der Waals surface area contributed by atoms with E-state index in [0.29, 0.717) is 18.7 Å². The molecule has 2 saturated heterocycles. The Bertz CT molecular complexity index is 1170. The molecule has 5 atom stereocenters. The number of carbonyl (C=O) groups excluding carboxylic acids is 1. The molecule has 2 aromatic carbocycles. The van der Waals surface area contributed by atoms with Crippen molar-refractivity contribution in [2.75, 3.05) is 32.0 Å². The van der Waals surface area contributed by atoms with E-state index in [0.717, 1.165) is 18.4 Å². The summed E-state index contributed by atoms with van der Waals surface area (Å²) in [6.45, 7) is 4.83. The van der Waals surface area contributed by atoms with Gasteiger partial charge in [-0.15, -0.1) is 0 Å². The second-order valence-electron chi connectivity index (χ2n) is 10.9. The summed E-state index contributed by atoms with van der Waals surface area (Å²) >= 11 is 0. The highest BCUT2D eigenvalue weighted by molar-refractivity contribution is 7.89. The van der Waals surface area contributed by atoms with Gasteiger partial charge in [-0.25, -0.2) is 8.42 Å². The minimum absolute atomic E-state index is 0.00628. The normalized spacial score (nSPS) is 22.9. The Morgan fingerprint density at radius 3 is 2.51 bits per heavy atom. The highest BCUT2D eigenvalue weighted by atomic mass is 32.2. The van der Waals surface area contributed by atoms with Crippen LogP contribution < -0.4 is 5.73 Å². The Hall–Kier alpha value is -2.50. The second-order valence-corrected chi connectivity index (χ2v) is 12.9. The average molecular weight is 561 g/mol. The summed E-state index contributed by atoms with van der Waals surface area (Å²) in [4.78, 5) is 13.2. The summed E-state index contributed by atoms with van der Waals surface area (Å²) in [5.74, 6) is -0.971. The molecule has 2 aromatic rings. The maximum atomic E-state index is 13.5. The number of hydrogen-bond acceptors (Lipinski definition) is 8. The van der Waals surface area contributed by atoms with E-state index in [9.17, 15) is 18.3 Å². The number of sulfonamides is 1. The van der Waals surface area contributed by atoms with E-state index in [-0.39, 0.29) is 55.2 Å². The fourth-order valence-electron chi connectivity index (χ4n) is 5.26. The smallest absolute Gasteiger partial charge is 0.306 e. The maximum Gasteiger partial charge on any atom is 0.306 e. The van der Waals surface area contributed by atoms with Gasteiger partial charge in [0, 0.05) is 37.2 Å². The number of fused-ring (bicyclic) bond motifs is 1. The number of hydrogen-bond donors (Lipinski definition) is 2. The van der Waals surface area contributed by atoms with Crippen molar-refractivity contribution in [1.82, 2.24) is 4.31 Å². The lowest BCUT2D eigenvalue weighted by Crippen LogP contribution is -2.43. The second kappa shape index (κ2) is 13.2. The van der Waals surface area contributed by atoms with Gasteiger partial charge in [0.05, 0.1) is 24.0 Å². The minimum atomic E-state index is -3.90. The van der Waals surface area contributed by atoms with Crippen molar-refractivity contribution >= 4 is 21.7 Å². The molecule has 2 fully saturated rings. The first-order valence-corrected chi connectivity index (χ1v) is 15.1. The van der Waals surface area contributed by atoms with Gasteiger partial charge in [-0.3, -0.25) is 4.79 Å². The number of nitrogen functional groups attached to an aromatic ring is 1. The first kappa shape index (κ1) is 29.5. The number of rotatable bonds is 12. The summed E-state index contributed by atoms with van der Waals surface area (Å²) in [7, 11) is -3.90. The van der Waals surface area contributed by atoms with Crippen molar-refractivity contribution in [1.29, 1.82) is 0 Å². The van der Waals surface area contributed by atoms with Crippen molar-refractivity contribution in [2.24, 2.45) is 17.8 Å². The Kier molecular flexibility index (Phi) is 10.0. The van der Waals surface area contributed by atoms with Gasteiger partial charge in [-0.05, 0) is 55.0 Å². The van der Waals surface area contributed by atoms with Crippen LogP contribution in [-0.2, 0) is 35.4 Å². The van der Waals surface area contributed by atoms with E-state index in [2.05, 4.69) is 0 Å². The van der Waals surface area contributed by atoms with E-state index in [1.165, 1.54) is 16.4 Å². The van der Waals surface area contributed by atoms with E-state index < -0.39 is 28.0 Å². The third kappa shape index (κ3) is 7.79. The zero-order valence-electron chi connectivity index (χ0n) is 22.6. The predicted octanol–water partition coefficient (Wildman–Crippen LogP) is 3.22. The van der Waals surface area contributed by atoms with Gasteiger partial charge in [0.1, 0.15) is 6.10 Å². The quantitative estimate of drug-likeness (QED) is 0.299. The molecule has 3 N–H and O–H groups in total. The van der Waals surface area contributed by atoms with Crippen LogP contribution in [0.4, 0.5) is 5.69 Å². The monoisotopic (exact) mass is 560 g/mol. The molecular weight excluding hydrogens is 520 g/mol. The Labute approximate surface area is 231 Å². The first-order valence-electron chi connectivity index (χ1n) is 13.6. The molecule has 10 heteroatoms. The molecule has 4 rings (SSSR count). The molecule has 0 aromatic heterocycles. The van der Waals surface area contributed by atoms with Crippen molar-refractivity contribution < 1.29 is 32.5 Å².